The van der Waals surface area contributed by atoms with Crippen molar-refractivity contribution in [1.82, 2.24) is 0 Å². The molecule has 0 fully saturated rings. The minimum Gasteiger partial charge on any atom is -0.454 e. The molecule has 0 radical (unpaired) electrons. The monoisotopic (exact) mass is 546 g/mol. The van der Waals surface area contributed by atoms with E-state index < -0.39 is 11.9 Å². The van der Waals surface area contributed by atoms with Crippen LogP contribution in [-0.2, 0) is 9.47 Å². The van der Waals surface area contributed by atoms with E-state index in [0.717, 1.165) is 11.1 Å². The minimum atomic E-state index is -0.620. The molecule has 6 nitrogen and oxygen atoms in total. The third-order valence-electron chi connectivity index (χ3n) is 5.58. The summed E-state index contributed by atoms with van der Waals surface area (Å²) in [5.41, 5.74) is 3.00. The Hall–Kier alpha value is -4.26. The molecule has 0 amide bonds. The molecule has 0 spiro atoms. The van der Waals surface area contributed by atoms with E-state index >= 15 is 0 Å². The zero-order valence-electron chi connectivity index (χ0n) is 19.9. The maximum absolute atomic E-state index is 12.3. The topological polar surface area (TPSA) is 86.7 Å². The quantitative estimate of drug-likeness (QED) is 0.170. The number of Topliss-reactive ketones (excluding diaryl/α,β-unsaturated/α-hetero) is 2. The highest BCUT2D eigenvalue weighted by Crippen LogP contribution is 2.21. The molecular weight excluding hydrogens is 527 g/mol. The van der Waals surface area contributed by atoms with Gasteiger partial charge in [-0.15, -0.1) is 0 Å². The predicted octanol–water partition coefficient (Wildman–Crippen LogP) is 6.74. The van der Waals surface area contributed by atoms with E-state index in [1.807, 2.05) is 0 Å². The molecule has 38 heavy (non-hydrogen) atoms. The largest absolute Gasteiger partial charge is 0.454 e. The summed E-state index contributed by atoms with van der Waals surface area (Å²) in [5.74, 6) is -1.91. The molecule has 0 aliphatic carbocycles. The van der Waals surface area contributed by atoms with Gasteiger partial charge in [0.25, 0.3) is 0 Å². The van der Waals surface area contributed by atoms with Crippen LogP contribution in [0.25, 0.3) is 11.1 Å². The van der Waals surface area contributed by atoms with Crippen LogP contribution in [0.2, 0.25) is 10.0 Å². The standard InChI is InChI=1S/C30H20Cl2O6/c31-25-13-9-21(10-14-25)27(33)17-37-29(35)23-5-1-19(2-6-23)20-3-7-24(8-4-20)30(36)38-18-28(34)22-11-15-26(32)16-12-22/h1-16H,17-18H2. The Bertz CT molecular complexity index is 1340. The molecule has 8 heteroatoms. The maximum atomic E-state index is 12.3. The first-order valence-electron chi connectivity index (χ1n) is 11.4. The Labute approximate surface area is 228 Å². The van der Waals surface area contributed by atoms with Crippen LogP contribution in [0.1, 0.15) is 41.4 Å². The summed E-state index contributed by atoms with van der Waals surface area (Å²) in [5, 5.41) is 1.02. The highest BCUT2D eigenvalue weighted by molar-refractivity contribution is 6.31. The Morgan fingerprint density at radius 2 is 0.737 bits per heavy atom. The van der Waals surface area contributed by atoms with Gasteiger partial charge < -0.3 is 9.47 Å². The summed E-state index contributed by atoms with van der Waals surface area (Å²) in [6, 6.07) is 25.9. The molecule has 0 aliphatic rings. The van der Waals surface area contributed by atoms with Crippen molar-refractivity contribution in [3.05, 3.63) is 129 Å². The van der Waals surface area contributed by atoms with Gasteiger partial charge in [-0.25, -0.2) is 9.59 Å². The zero-order chi connectivity index (χ0) is 27.1. The average Bonchev–Trinajstić information content (AvgIpc) is 2.95. The Balaban J connectivity index is 1.30. The second-order valence-corrected chi connectivity index (χ2v) is 9.04. The number of ether oxygens (including phenoxy) is 2. The van der Waals surface area contributed by atoms with Crippen molar-refractivity contribution in [3.63, 3.8) is 0 Å². The number of halogens is 2. The molecule has 0 saturated heterocycles. The molecule has 0 aromatic heterocycles. The van der Waals surface area contributed by atoms with E-state index in [9.17, 15) is 19.2 Å². The summed E-state index contributed by atoms with van der Waals surface area (Å²) in [7, 11) is 0. The molecule has 0 saturated carbocycles. The van der Waals surface area contributed by atoms with E-state index in [2.05, 4.69) is 0 Å². The molecule has 0 unspecified atom stereocenters. The fourth-order valence-corrected chi connectivity index (χ4v) is 3.72. The summed E-state index contributed by atoms with van der Waals surface area (Å²) in [6.07, 6.45) is 0. The lowest BCUT2D eigenvalue weighted by atomic mass is 10.0. The molecule has 0 aliphatic heterocycles. The first kappa shape index (κ1) is 26.8. The van der Waals surface area contributed by atoms with E-state index in [1.165, 1.54) is 0 Å². The fourth-order valence-electron chi connectivity index (χ4n) is 3.46. The minimum absolute atomic E-state index is 0.295. The number of rotatable bonds is 9. The Kier molecular flexibility index (Phi) is 8.69. The summed E-state index contributed by atoms with van der Waals surface area (Å²) >= 11 is 11.6. The van der Waals surface area contributed by atoms with Crippen molar-refractivity contribution in [2.24, 2.45) is 0 Å². The van der Waals surface area contributed by atoms with Crippen LogP contribution < -0.4 is 0 Å². The van der Waals surface area contributed by atoms with Gasteiger partial charge in [0.2, 0.25) is 0 Å². The van der Waals surface area contributed by atoms with Gasteiger partial charge in [-0.3, -0.25) is 9.59 Å². The zero-order valence-corrected chi connectivity index (χ0v) is 21.4. The van der Waals surface area contributed by atoms with Crippen LogP contribution in [-0.4, -0.2) is 36.7 Å². The number of hydrogen-bond acceptors (Lipinski definition) is 6. The van der Waals surface area contributed by atoms with Crippen molar-refractivity contribution in [3.8, 4) is 11.1 Å². The first-order chi connectivity index (χ1) is 18.3. The molecule has 4 aromatic carbocycles. The molecule has 4 rings (SSSR count). The van der Waals surface area contributed by atoms with Crippen LogP contribution in [0.15, 0.2) is 97.1 Å². The molecule has 0 atom stereocenters. The molecule has 4 aromatic rings. The van der Waals surface area contributed by atoms with E-state index in [4.69, 9.17) is 32.7 Å². The van der Waals surface area contributed by atoms with Gasteiger partial charge in [-0.2, -0.15) is 0 Å². The van der Waals surface area contributed by atoms with E-state index in [-0.39, 0.29) is 24.8 Å². The van der Waals surface area contributed by atoms with Crippen LogP contribution >= 0.6 is 23.2 Å². The fraction of sp³-hybridized carbons (Fsp3) is 0.0667. The number of ketones is 2. The van der Waals surface area contributed by atoms with Crippen LogP contribution in [0.4, 0.5) is 0 Å². The van der Waals surface area contributed by atoms with Gasteiger partial charge in [0, 0.05) is 21.2 Å². The van der Waals surface area contributed by atoms with Crippen molar-refractivity contribution in [1.29, 1.82) is 0 Å². The Morgan fingerprint density at radius 1 is 0.447 bits per heavy atom. The first-order valence-corrected chi connectivity index (χ1v) is 12.2. The van der Waals surface area contributed by atoms with Gasteiger partial charge in [0.1, 0.15) is 0 Å². The van der Waals surface area contributed by atoms with Gasteiger partial charge >= 0.3 is 11.9 Å². The van der Waals surface area contributed by atoms with E-state index in [1.54, 1.807) is 97.1 Å². The lowest BCUT2D eigenvalue weighted by Gasteiger charge is -2.07. The highest BCUT2D eigenvalue weighted by atomic mass is 35.5. The van der Waals surface area contributed by atoms with Gasteiger partial charge in [0.15, 0.2) is 24.8 Å². The average molecular weight is 547 g/mol. The smallest absolute Gasteiger partial charge is 0.338 e. The Morgan fingerprint density at radius 3 is 1.05 bits per heavy atom. The second-order valence-electron chi connectivity index (χ2n) is 8.17. The summed E-state index contributed by atoms with van der Waals surface area (Å²) in [6.45, 7) is -0.768. The van der Waals surface area contributed by atoms with Gasteiger partial charge in [-0.1, -0.05) is 47.5 Å². The number of hydrogen-bond donors (Lipinski definition) is 0. The van der Waals surface area contributed by atoms with Crippen LogP contribution in [0.3, 0.4) is 0 Å². The van der Waals surface area contributed by atoms with Gasteiger partial charge in [-0.05, 0) is 83.9 Å². The highest BCUT2D eigenvalue weighted by Gasteiger charge is 2.14. The van der Waals surface area contributed by atoms with Crippen molar-refractivity contribution in [2.75, 3.05) is 13.2 Å². The predicted molar refractivity (Wildman–Crippen MR) is 144 cm³/mol. The van der Waals surface area contributed by atoms with Gasteiger partial charge in [0.05, 0.1) is 11.1 Å². The molecular formula is C30H20Cl2O6. The van der Waals surface area contributed by atoms with Crippen molar-refractivity contribution >= 4 is 46.7 Å². The molecule has 190 valence electrons. The molecule has 0 N–H and O–H groups in total. The van der Waals surface area contributed by atoms with Crippen molar-refractivity contribution < 1.29 is 28.7 Å². The normalized spacial score (nSPS) is 10.5. The van der Waals surface area contributed by atoms with Crippen molar-refractivity contribution in [2.45, 2.75) is 0 Å². The molecule has 0 heterocycles. The van der Waals surface area contributed by atoms with Crippen LogP contribution in [0, 0.1) is 0 Å². The third-order valence-corrected chi connectivity index (χ3v) is 6.08. The van der Waals surface area contributed by atoms with E-state index in [0.29, 0.717) is 32.3 Å². The second kappa shape index (κ2) is 12.3. The van der Waals surface area contributed by atoms with Crippen LogP contribution in [0.5, 0.6) is 0 Å². The summed E-state index contributed by atoms with van der Waals surface area (Å²) in [4.78, 5) is 49.0. The summed E-state index contributed by atoms with van der Waals surface area (Å²) < 4.78 is 10.3. The third kappa shape index (κ3) is 6.94. The lowest BCUT2D eigenvalue weighted by Crippen LogP contribution is -2.14. The number of benzene rings is 4. The number of esters is 2. The number of carbonyl (C=O) groups excluding carboxylic acids is 4. The molecule has 0 bridgehead atoms. The maximum Gasteiger partial charge on any atom is 0.338 e. The SMILES string of the molecule is O=C(COC(=O)c1ccc(-c2ccc(C(=O)OCC(=O)c3ccc(Cl)cc3)cc2)cc1)c1ccc(Cl)cc1. The lowest BCUT2D eigenvalue weighted by molar-refractivity contribution is 0.0472. The number of carbonyl (C=O) groups is 4.